The Labute approximate surface area is 137 Å². The van der Waals surface area contributed by atoms with Gasteiger partial charge in [-0.1, -0.05) is 0 Å². The van der Waals surface area contributed by atoms with E-state index in [-0.39, 0.29) is 34.4 Å². The average Bonchev–Trinajstić information content (AvgIpc) is 2.10. The fourth-order valence-electron chi connectivity index (χ4n) is 0.610. The van der Waals surface area contributed by atoms with Crippen molar-refractivity contribution in [2.45, 2.75) is 40.0 Å². The van der Waals surface area contributed by atoms with Crippen molar-refractivity contribution in [3.8, 4) is 0 Å². The summed E-state index contributed by atoms with van der Waals surface area (Å²) in [7, 11) is 0. The molecule has 0 spiro atoms. The Bertz CT molecular complexity index is 317. The van der Waals surface area contributed by atoms with Gasteiger partial charge < -0.3 is 29.7 Å². The van der Waals surface area contributed by atoms with Crippen molar-refractivity contribution in [3.05, 3.63) is 0 Å². The zero-order chi connectivity index (χ0) is 17.6. The number of carboxylic acid groups (broad SMARTS) is 3. The smallest absolute Gasteiger partial charge is 0.550 e. The summed E-state index contributed by atoms with van der Waals surface area (Å²) in [6.45, 7) is 3.61. The number of hydrogen-bond donors (Lipinski definition) is 0. The number of hydrogen-bond acceptors (Lipinski definition) is 9. The molecule has 0 aromatic carbocycles. The fraction of sp³-hybridized carbons (Fsp3) is 0.500. The van der Waals surface area contributed by atoms with Crippen molar-refractivity contribution in [1.29, 1.82) is 0 Å². The molecule has 0 aromatic rings. The van der Waals surface area contributed by atoms with Crippen LogP contribution in [0.15, 0.2) is 0 Å². The molecule has 0 unspecified atom stereocenters. The minimum absolute atomic E-state index is 0. The van der Waals surface area contributed by atoms with Gasteiger partial charge in [0.05, 0.1) is 0 Å². The predicted octanol–water partition coefficient (Wildman–Crippen LogP) is -3.86. The molecule has 0 rings (SSSR count). The summed E-state index contributed by atoms with van der Waals surface area (Å²) in [5.74, 6) is -5.06. The van der Waals surface area contributed by atoms with Crippen LogP contribution in [-0.4, -0.2) is 35.3 Å². The zero-order valence-electron chi connectivity index (χ0n) is 12.2. The van der Waals surface area contributed by atoms with Gasteiger partial charge in [0, 0.05) is 37.2 Å². The molecule has 0 aliphatic rings. The van der Waals surface area contributed by atoms with Crippen molar-refractivity contribution in [2.24, 2.45) is 0 Å². The number of aliphatic carboxylic acids is 3. The van der Waals surface area contributed by atoms with E-state index >= 15 is 0 Å². The van der Waals surface area contributed by atoms with Crippen molar-refractivity contribution >= 4 is 35.3 Å². The minimum Gasteiger partial charge on any atom is -0.550 e. The molecule has 0 bridgehead atoms. The molecule has 0 saturated carbocycles. The maximum atomic E-state index is 9.83. The largest absolute Gasteiger partial charge is 3.00 e. The Balaban J connectivity index is -0.000000108. The summed E-state index contributed by atoms with van der Waals surface area (Å²) in [6, 6.07) is 0. The van der Waals surface area contributed by atoms with Crippen LogP contribution < -0.4 is 15.3 Å². The molecule has 0 saturated heterocycles. The molecule has 0 aliphatic carbocycles. The standard InChI is InChI=1S/3C4H6O3.Mn/c3*1-3(5)2-4(6)7;/h3*2H2,1H3,(H,6,7);/q;;;+3/p-3. The van der Waals surface area contributed by atoms with E-state index < -0.39 is 37.2 Å². The molecule has 0 atom stereocenters. The number of carbonyl (C=O) groups excluding carboxylic acids is 6. The van der Waals surface area contributed by atoms with E-state index in [1.54, 1.807) is 0 Å². The number of carboxylic acids is 3. The molecular weight excluding hydrogens is 343 g/mol. The monoisotopic (exact) mass is 358 g/mol. The summed E-state index contributed by atoms with van der Waals surface area (Å²) in [5, 5.41) is 28.4. The molecule has 0 aromatic heterocycles. The van der Waals surface area contributed by atoms with Crippen LogP contribution in [0.1, 0.15) is 40.0 Å². The van der Waals surface area contributed by atoms with E-state index in [1.165, 1.54) is 20.8 Å². The van der Waals surface area contributed by atoms with Gasteiger partial charge in [0.1, 0.15) is 17.3 Å². The Hall–Kier alpha value is -2.06. The van der Waals surface area contributed by atoms with Crippen LogP contribution >= 0.6 is 0 Å². The molecule has 0 amide bonds. The molecule has 0 radical (unpaired) electrons. The van der Waals surface area contributed by atoms with E-state index in [0.29, 0.717) is 0 Å². The molecule has 0 aliphatic heterocycles. The van der Waals surface area contributed by atoms with Gasteiger partial charge in [-0.25, -0.2) is 0 Å². The van der Waals surface area contributed by atoms with E-state index in [1.807, 2.05) is 0 Å². The van der Waals surface area contributed by atoms with E-state index in [4.69, 9.17) is 0 Å². The average molecular weight is 358 g/mol. The first-order chi connectivity index (χ1) is 9.38. The third-order valence-electron chi connectivity index (χ3n) is 1.18. The van der Waals surface area contributed by atoms with Gasteiger partial charge in [-0.15, -0.1) is 0 Å². The molecule has 124 valence electrons. The van der Waals surface area contributed by atoms with E-state index in [9.17, 15) is 44.1 Å². The summed E-state index contributed by atoms with van der Waals surface area (Å²) >= 11 is 0. The van der Waals surface area contributed by atoms with Crippen LogP contribution in [0.4, 0.5) is 0 Å². The first-order valence-corrected chi connectivity index (χ1v) is 5.46. The Morgan fingerprint density at radius 3 is 0.682 bits per heavy atom. The number of ketones is 3. The Morgan fingerprint density at radius 2 is 0.682 bits per heavy atom. The van der Waals surface area contributed by atoms with Gasteiger partial charge in [-0.2, -0.15) is 0 Å². The summed E-state index contributed by atoms with van der Waals surface area (Å²) in [5.41, 5.74) is 0. The van der Waals surface area contributed by atoms with E-state index in [0.717, 1.165) is 0 Å². The van der Waals surface area contributed by atoms with Crippen LogP contribution in [0.2, 0.25) is 0 Å². The third-order valence-corrected chi connectivity index (χ3v) is 1.18. The second-order valence-corrected chi connectivity index (χ2v) is 3.75. The fourth-order valence-corrected chi connectivity index (χ4v) is 0.610. The molecule has 0 heterocycles. The topological polar surface area (TPSA) is 172 Å². The maximum absolute atomic E-state index is 9.83. The van der Waals surface area contributed by atoms with Gasteiger partial charge in [0.25, 0.3) is 0 Å². The maximum Gasteiger partial charge on any atom is 3.00 e. The van der Waals surface area contributed by atoms with Crippen LogP contribution in [0.5, 0.6) is 0 Å². The molecule has 0 fully saturated rings. The van der Waals surface area contributed by atoms with Crippen LogP contribution in [0.3, 0.4) is 0 Å². The van der Waals surface area contributed by atoms with Crippen molar-refractivity contribution in [1.82, 2.24) is 0 Å². The van der Waals surface area contributed by atoms with Crippen molar-refractivity contribution in [2.75, 3.05) is 0 Å². The summed E-state index contributed by atoms with van der Waals surface area (Å²) in [6.07, 6.45) is -1.42. The molecule has 9 nitrogen and oxygen atoms in total. The first kappa shape index (κ1) is 28.2. The number of Topliss-reactive ketones (excluding diaryl/α,β-unsaturated/α-hetero) is 3. The SMILES string of the molecule is CC(=O)CC(=O)[O-].CC(=O)CC(=O)[O-].CC(=O)CC(=O)[O-].[Mn+3]. The minimum atomic E-state index is -1.31. The normalized spacial score (nSPS) is 7.77. The second-order valence-electron chi connectivity index (χ2n) is 3.75. The van der Waals surface area contributed by atoms with E-state index in [2.05, 4.69) is 0 Å². The molecule has 22 heavy (non-hydrogen) atoms. The quantitative estimate of drug-likeness (QED) is 0.340. The van der Waals surface area contributed by atoms with Crippen LogP contribution in [0, 0.1) is 0 Å². The van der Waals surface area contributed by atoms with Gasteiger partial charge in [0.2, 0.25) is 0 Å². The zero-order valence-corrected chi connectivity index (χ0v) is 13.4. The first-order valence-electron chi connectivity index (χ1n) is 5.46. The molecule has 10 heteroatoms. The second kappa shape index (κ2) is 17.0. The summed E-state index contributed by atoms with van der Waals surface area (Å²) < 4.78 is 0. The van der Waals surface area contributed by atoms with Crippen molar-refractivity contribution in [3.63, 3.8) is 0 Å². The van der Waals surface area contributed by atoms with Crippen LogP contribution in [-0.2, 0) is 45.8 Å². The molecule has 0 N–H and O–H groups in total. The van der Waals surface area contributed by atoms with Crippen molar-refractivity contribution < 1.29 is 61.2 Å². The van der Waals surface area contributed by atoms with Gasteiger partial charge in [-0.3, -0.25) is 14.4 Å². The third kappa shape index (κ3) is 52.1. The number of carbonyl (C=O) groups is 6. The van der Waals surface area contributed by atoms with Gasteiger partial charge >= 0.3 is 17.1 Å². The molecular formula is C12H15MnO9. The predicted molar refractivity (Wildman–Crippen MR) is 60.9 cm³/mol. The Morgan fingerprint density at radius 1 is 0.545 bits per heavy atom. The summed E-state index contributed by atoms with van der Waals surface area (Å²) in [4.78, 5) is 57.9. The van der Waals surface area contributed by atoms with Crippen LogP contribution in [0.25, 0.3) is 0 Å². The number of rotatable bonds is 6. The Kier molecular flexibility index (Phi) is 21.7. The van der Waals surface area contributed by atoms with Gasteiger partial charge in [-0.05, 0) is 20.8 Å². The van der Waals surface area contributed by atoms with Gasteiger partial charge in [0.15, 0.2) is 0 Å².